The van der Waals surface area contributed by atoms with Gasteiger partial charge in [-0.1, -0.05) is 12.8 Å². The zero-order valence-electron chi connectivity index (χ0n) is 16.3. The van der Waals surface area contributed by atoms with Crippen LogP contribution in [0, 0.1) is 10.1 Å². The average Bonchev–Trinajstić information content (AvgIpc) is 2.87. The molecule has 1 aromatic heterocycles. The van der Waals surface area contributed by atoms with E-state index in [0.29, 0.717) is 12.4 Å². The fourth-order valence-electron chi connectivity index (χ4n) is 2.90. The highest BCUT2D eigenvalue weighted by atomic mass is 32.2. The SMILES string of the molecule is CN(C)Cc1ccc(CSCCNC(=C[N+](=O)[O-])NN2CCCCCC2)o1. The van der Waals surface area contributed by atoms with E-state index in [1.54, 1.807) is 11.8 Å². The molecule has 1 saturated heterocycles. The largest absolute Gasteiger partial charge is 0.464 e. The van der Waals surface area contributed by atoms with Crippen LogP contribution in [0.5, 0.6) is 0 Å². The summed E-state index contributed by atoms with van der Waals surface area (Å²) in [5, 5.41) is 16.1. The Labute approximate surface area is 165 Å². The summed E-state index contributed by atoms with van der Waals surface area (Å²) in [6.07, 6.45) is 5.69. The summed E-state index contributed by atoms with van der Waals surface area (Å²) in [7, 11) is 4.02. The van der Waals surface area contributed by atoms with Gasteiger partial charge in [-0.05, 0) is 39.1 Å². The molecule has 1 fully saturated rings. The number of hydrazine groups is 1. The van der Waals surface area contributed by atoms with E-state index in [0.717, 1.165) is 61.7 Å². The lowest BCUT2D eigenvalue weighted by molar-refractivity contribution is -0.404. The number of nitrogens with one attached hydrogen (secondary N) is 2. The highest BCUT2D eigenvalue weighted by molar-refractivity contribution is 7.98. The zero-order chi connectivity index (χ0) is 19.5. The van der Waals surface area contributed by atoms with Gasteiger partial charge in [-0.2, -0.15) is 11.8 Å². The minimum atomic E-state index is -0.421. The van der Waals surface area contributed by atoms with Crippen LogP contribution in [0.3, 0.4) is 0 Å². The molecule has 2 rings (SSSR count). The Morgan fingerprint density at radius 1 is 1.30 bits per heavy atom. The monoisotopic (exact) mass is 397 g/mol. The quantitative estimate of drug-likeness (QED) is 0.335. The maximum Gasteiger partial charge on any atom is 0.275 e. The van der Waals surface area contributed by atoms with E-state index < -0.39 is 4.92 Å². The predicted molar refractivity (Wildman–Crippen MR) is 109 cm³/mol. The van der Waals surface area contributed by atoms with Crippen LogP contribution in [-0.4, -0.2) is 54.3 Å². The fourth-order valence-corrected chi connectivity index (χ4v) is 3.65. The summed E-state index contributed by atoms with van der Waals surface area (Å²) in [5.74, 6) is 4.00. The molecule has 0 spiro atoms. The standard InChI is InChI=1S/C18H31N5O3S/c1-21(2)13-16-7-8-17(26-16)15-27-12-9-19-18(14-23(24)25)20-22-10-5-3-4-6-11-22/h7-8,14,19-20H,3-6,9-13,15H2,1-2H3. The van der Waals surface area contributed by atoms with Crippen molar-refractivity contribution in [3.8, 4) is 0 Å². The van der Waals surface area contributed by atoms with Crippen molar-refractivity contribution in [2.24, 2.45) is 0 Å². The average molecular weight is 398 g/mol. The second-order valence-electron chi connectivity index (χ2n) is 6.93. The lowest BCUT2D eigenvalue weighted by Crippen LogP contribution is -2.42. The number of nitro groups is 1. The van der Waals surface area contributed by atoms with E-state index in [4.69, 9.17) is 4.42 Å². The van der Waals surface area contributed by atoms with Crippen LogP contribution in [0.15, 0.2) is 28.6 Å². The Bertz CT molecular complexity index is 598. The molecule has 2 heterocycles. The minimum absolute atomic E-state index is 0.421. The van der Waals surface area contributed by atoms with Crippen LogP contribution in [0.2, 0.25) is 0 Å². The van der Waals surface area contributed by atoms with Gasteiger partial charge in [0.2, 0.25) is 0 Å². The summed E-state index contributed by atoms with van der Waals surface area (Å²) in [6, 6.07) is 4.02. The Kier molecular flexibility index (Phi) is 9.51. The molecule has 2 N–H and O–H groups in total. The molecule has 0 bridgehead atoms. The lowest BCUT2D eigenvalue weighted by Gasteiger charge is -2.23. The summed E-state index contributed by atoms with van der Waals surface area (Å²) >= 11 is 1.74. The normalized spacial score (nSPS) is 16.3. The van der Waals surface area contributed by atoms with Crippen molar-refractivity contribution < 1.29 is 9.34 Å². The van der Waals surface area contributed by atoms with Crippen molar-refractivity contribution in [2.45, 2.75) is 38.0 Å². The Morgan fingerprint density at radius 3 is 2.67 bits per heavy atom. The fraction of sp³-hybridized carbons (Fsp3) is 0.667. The molecule has 9 heteroatoms. The van der Waals surface area contributed by atoms with Gasteiger partial charge < -0.3 is 14.6 Å². The first kappa shape index (κ1) is 21.6. The highest BCUT2D eigenvalue weighted by Gasteiger charge is 2.12. The molecule has 152 valence electrons. The molecule has 1 aliphatic heterocycles. The second kappa shape index (κ2) is 11.9. The third-order valence-corrected chi connectivity index (χ3v) is 5.10. The zero-order valence-corrected chi connectivity index (χ0v) is 17.1. The molecule has 0 radical (unpaired) electrons. The van der Waals surface area contributed by atoms with Crippen LogP contribution in [0.25, 0.3) is 0 Å². The maximum absolute atomic E-state index is 10.9. The van der Waals surface area contributed by atoms with Gasteiger partial charge in [0.1, 0.15) is 11.5 Å². The molecule has 1 aliphatic rings. The number of nitrogens with zero attached hydrogens (tertiary/aromatic N) is 3. The maximum atomic E-state index is 10.9. The first-order valence-corrected chi connectivity index (χ1v) is 10.6. The number of furan rings is 1. The van der Waals surface area contributed by atoms with E-state index in [-0.39, 0.29) is 0 Å². The molecule has 0 amide bonds. The number of thioether (sulfide) groups is 1. The van der Waals surface area contributed by atoms with Crippen molar-refractivity contribution in [2.75, 3.05) is 39.5 Å². The molecule has 0 unspecified atom stereocenters. The third kappa shape index (κ3) is 9.16. The highest BCUT2D eigenvalue weighted by Crippen LogP contribution is 2.16. The van der Waals surface area contributed by atoms with Gasteiger partial charge in [-0.15, -0.1) is 0 Å². The van der Waals surface area contributed by atoms with Gasteiger partial charge in [0.05, 0.1) is 17.2 Å². The van der Waals surface area contributed by atoms with Crippen LogP contribution >= 0.6 is 11.8 Å². The molecule has 0 saturated carbocycles. The first-order chi connectivity index (χ1) is 13.0. The lowest BCUT2D eigenvalue weighted by atomic mass is 10.2. The molecule has 0 aromatic carbocycles. The molecule has 0 atom stereocenters. The van der Waals surface area contributed by atoms with Crippen LogP contribution in [-0.2, 0) is 12.3 Å². The van der Waals surface area contributed by atoms with Crippen molar-refractivity contribution in [3.63, 3.8) is 0 Å². The van der Waals surface area contributed by atoms with Gasteiger partial charge in [0.15, 0.2) is 5.82 Å². The smallest absolute Gasteiger partial charge is 0.275 e. The molecule has 27 heavy (non-hydrogen) atoms. The Balaban J connectivity index is 1.70. The van der Waals surface area contributed by atoms with E-state index >= 15 is 0 Å². The van der Waals surface area contributed by atoms with Crippen molar-refractivity contribution in [3.05, 3.63) is 45.8 Å². The Hall–Kier alpha value is -1.71. The molecule has 8 nitrogen and oxygen atoms in total. The topological polar surface area (TPSA) is 86.8 Å². The van der Waals surface area contributed by atoms with E-state index in [9.17, 15) is 10.1 Å². The van der Waals surface area contributed by atoms with E-state index in [2.05, 4.69) is 20.7 Å². The summed E-state index contributed by atoms with van der Waals surface area (Å²) in [4.78, 5) is 12.5. The summed E-state index contributed by atoms with van der Waals surface area (Å²) < 4.78 is 5.78. The van der Waals surface area contributed by atoms with E-state index in [1.165, 1.54) is 12.8 Å². The van der Waals surface area contributed by atoms with Crippen LogP contribution < -0.4 is 10.7 Å². The molecule has 1 aromatic rings. The van der Waals surface area contributed by atoms with Crippen molar-refractivity contribution in [1.29, 1.82) is 0 Å². The Morgan fingerprint density at radius 2 is 2.00 bits per heavy atom. The van der Waals surface area contributed by atoms with Gasteiger partial charge in [0, 0.05) is 25.4 Å². The molecular formula is C18H31N5O3S. The van der Waals surface area contributed by atoms with Gasteiger partial charge in [0.25, 0.3) is 6.20 Å². The number of hydrogen-bond donors (Lipinski definition) is 2. The van der Waals surface area contributed by atoms with Crippen molar-refractivity contribution >= 4 is 11.8 Å². The predicted octanol–water partition coefficient (Wildman–Crippen LogP) is 2.62. The van der Waals surface area contributed by atoms with Gasteiger partial charge in [-0.25, -0.2) is 5.01 Å². The third-order valence-electron chi connectivity index (χ3n) is 4.11. The van der Waals surface area contributed by atoms with Gasteiger partial charge >= 0.3 is 0 Å². The van der Waals surface area contributed by atoms with E-state index in [1.807, 2.05) is 26.2 Å². The number of hydrogen-bond acceptors (Lipinski definition) is 8. The van der Waals surface area contributed by atoms with Crippen molar-refractivity contribution in [1.82, 2.24) is 20.7 Å². The summed E-state index contributed by atoms with van der Waals surface area (Å²) in [5.41, 5.74) is 3.17. The number of rotatable bonds is 11. The van der Waals surface area contributed by atoms with Gasteiger partial charge in [-0.3, -0.25) is 15.5 Å². The molecular weight excluding hydrogens is 366 g/mol. The minimum Gasteiger partial charge on any atom is -0.464 e. The molecule has 0 aliphatic carbocycles. The first-order valence-electron chi connectivity index (χ1n) is 9.44. The second-order valence-corrected chi connectivity index (χ2v) is 8.03. The van der Waals surface area contributed by atoms with Crippen LogP contribution in [0.1, 0.15) is 37.2 Å². The summed E-state index contributed by atoms with van der Waals surface area (Å²) in [6.45, 7) is 3.28. The van der Waals surface area contributed by atoms with Crippen LogP contribution in [0.4, 0.5) is 0 Å².